The predicted octanol–water partition coefficient (Wildman–Crippen LogP) is 17.5. The van der Waals surface area contributed by atoms with Crippen molar-refractivity contribution in [2.24, 2.45) is 0 Å². The van der Waals surface area contributed by atoms with Crippen LogP contribution in [0.5, 0.6) is 0 Å². The SMILES string of the molecule is c1ccc(-c2ccc3c(c2)oc2cc(-c4cc(-c5ccccc5)nc(-c5cc(-c6cnc7c8ccccc8c8ccccc8c7n6)cc(-c6cc7ccccc7c7ccccc67)c5)c4)ccc23)cc1. The maximum atomic E-state index is 6.65. The second-order valence-electron chi connectivity index (χ2n) is 17.9. The molecule has 3 heterocycles. The summed E-state index contributed by atoms with van der Waals surface area (Å²) in [5, 5.41) is 11.5. The van der Waals surface area contributed by atoms with Crippen molar-refractivity contribution in [3.05, 3.63) is 237 Å². The fourth-order valence-electron chi connectivity index (χ4n) is 10.5. The Morgan fingerprint density at radius 3 is 1.42 bits per heavy atom. The first-order chi connectivity index (χ1) is 34.2. The van der Waals surface area contributed by atoms with E-state index in [1.807, 2.05) is 18.3 Å². The van der Waals surface area contributed by atoms with Gasteiger partial charge >= 0.3 is 0 Å². The van der Waals surface area contributed by atoms with E-state index >= 15 is 0 Å². The Balaban J connectivity index is 0.996. The first-order valence-corrected chi connectivity index (χ1v) is 23.4. The Bertz CT molecular complexity index is 4330. The number of fused-ring (bicyclic) bond motifs is 12. The molecule has 4 heteroatoms. The van der Waals surface area contributed by atoms with E-state index in [-0.39, 0.29) is 0 Å². The maximum absolute atomic E-state index is 6.65. The van der Waals surface area contributed by atoms with Crippen molar-refractivity contribution < 1.29 is 4.42 Å². The van der Waals surface area contributed by atoms with E-state index in [0.29, 0.717) is 0 Å². The number of hydrogen-bond acceptors (Lipinski definition) is 4. The van der Waals surface area contributed by atoms with Gasteiger partial charge in [0, 0.05) is 38.2 Å². The normalized spacial score (nSPS) is 11.8. The summed E-state index contributed by atoms with van der Waals surface area (Å²) >= 11 is 0. The van der Waals surface area contributed by atoms with Crippen molar-refractivity contribution in [2.75, 3.05) is 0 Å². The molecule has 14 aromatic rings. The molecule has 0 aliphatic carbocycles. The molecule has 0 atom stereocenters. The number of furan rings is 1. The van der Waals surface area contributed by atoms with Crippen LogP contribution in [-0.2, 0) is 0 Å². The summed E-state index contributed by atoms with van der Waals surface area (Å²) < 4.78 is 6.65. The summed E-state index contributed by atoms with van der Waals surface area (Å²) in [5.74, 6) is 0. The van der Waals surface area contributed by atoms with Gasteiger partial charge in [0.1, 0.15) is 11.2 Å². The first-order valence-electron chi connectivity index (χ1n) is 23.4. The zero-order valence-electron chi connectivity index (χ0n) is 37.3. The minimum absolute atomic E-state index is 0.793. The predicted molar refractivity (Wildman–Crippen MR) is 287 cm³/mol. The van der Waals surface area contributed by atoms with Crippen molar-refractivity contribution in [3.8, 4) is 67.2 Å². The molecule has 3 aromatic heterocycles. The molecule has 0 spiro atoms. The quantitative estimate of drug-likeness (QED) is 0.156. The number of aromatic nitrogens is 3. The highest BCUT2D eigenvalue weighted by Crippen LogP contribution is 2.42. The van der Waals surface area contributed by atoms with E-state index < -0.39 is 0 Å². The zero-order chi connectivity index (χ0) is 45.4. The number of rotatable bonds is 6. The lowest BCUT2D eigenvalue weighted by molar-refractivity contribution is 0.669. The highest BCUT2D eigenvalue weighted by molar-refractivity contribution is 6.23. The minimum Gasteiger partial charge on any atom is -0.456 e. The van der Waals surface area contributed by atoms with Gasteiger partial charge < -0.3 is 4.42 Å². The molecular formula is C65H39N3O. The monoisotopic (exact) mass is 877 g/mol. The van der Waals surface area contributed by atoms with Crippen molar-refractivity contribution in [1.82, 2.24) is 15.0 Å². The van der Waals surface area contributed by atoms with Gasteiger partial charge in [0.05, 0.1) is 34.3 Å². The van der Waals surface area contributed by atoms with Crippen LogP contribution in [0.1, 0.15) is 0 Å². The standard InChI is InChI=1S/C65H39N3O/c1-3-15-40(16-4-1)42-27-29-54-55-30-28-43(38-63(55)69-62(54)37-42)45-35-59(41-17-5-2-6-18-41)67-60(36-45)47-31-46(58-34-44-19-7-8-20-49(44)50-21-9-10-24-53(50)58)32-48(33-47)61-39-66-64-56-25-13-11-22-51(56)52-23-12-14-26-57(52)65(64)68-61/h1-39H. The van der Waals surface area contributed by atoms with E-state index in [0.717, 1.165) is 116 Å². The van der Waals surface area contributed by atoms with Gasteiger partial charge in [-0.3, -0.25) is 4.98 Å². The second-order valence-corrected chi connectivity index (χ2v) is 17.9. The molecule has 0 saturated heterocycles. The molecule has 14 rings (SSSR count). The van der Waals surface area contributed by atoms with Gasteiger partial charge in [0.15, 0.2) is 0 Å². The van der Waals surface area contributed by atoms with Crippen LogP contribution in [-0.4, -0.2) is 15.0 Å². The van der Waals surface area contributed by atoms with Gasteiger partial charge in [-0.1, -0.05) is 170 Å². The molecular weight excluding hydrogens is 839 g/mol. The smallest absolute Gasteiger partial charge is 0.136 e. The van der Waals surface area contributed by atoms with Crippen molar-refractivity contribution in [3.63, 3.8) is 0 Å². The van der Waals surface area contributed by atoms with Gasteiger partial charge in [-0.25, -0.2) is 9.97 Å². The summed E-state index contributed by atoms with van der Waals surface area (Å²) in [6.07, 6.45) is 1.94. The summed E-state index contributed by atoms with van der Waals surface area (Å²) in [5.41, 5.74) is 15.6. The van der Waals surface area contributed by atoms with E-state index in [2.05, 4.69) is 218 Å². The molecule has 0 bridgehead atoms. The van der Waals surface area contributed by atoms with Crippen LogP contribution in [0.15, 0.2) is 241 Å². The lowest BCUT2D eigenvalue weighted by Gasteiger charge is -2.16. The van der Waals surface area contributed by atoms with Crippen molar-refractivity contribution >= 4 is 76.1 Å². The number of hydrogen-bond donors (Lipinski definition) is 0. The summed E-state index contributed by atoms with van der Waals surface area (Å²) in [4.78, 5) is 16.2. The maximum Gasteiger partial charge on any atom is 0.136 e. The third-order valence-corrected chi connectivity index (χ3v) is 13.8. The van der Waals surface area contributed by atoms with E-state index in [1.54, 1.807) is 0 Å². The van der Waals surface area contributed by atoms with E-state index in [4.69, 9.17) is 19.4 Å². The van der Waals surface area contributed by atoms with Crippen LogP contribution in [0.4, 0.5) is 0 Å². The second kappa shape index (κ2) is 15.7. The molecule has 0 saturated carbocycles. The lowest BCUT2D eigenvalue weighted by atomic mass is 9.90. The van der Waals surface area contributed by atoms with E-state index in [1.165, 1.54) is 26.9 Å². The molecule has 11 aromatic carbocycles. The lowest BCUT2D eigenvalue weighted by Crippen LogP contribution is -1.95. The molecule has 320 valence electrons. The number of nitrogens with zero attached hydrogens (tertiary/aromatic N) is 3. The number of pyridine rings is 1. The fraction of sp³-hybridized carbons (Fsp3) is 0. The molecule has 0 aliphatic heterocycles. The average Bonchev–Trinajstić information content (AvgIpc) is 3.80. The Labute approximate surface area is 397 Å². The molecule has 0 aliphatic rings. The molecule has 0 N–H and O–H groups in total. The van der Waals surface area contributed by atoms with Gasteiger partial charge in [-0.15, -0.1) is 0 Å². The average molecular weight is 878 g/mol. The van der Waals surface area contributed by atoms with Gasteiger partial charge in [0.2, 0.25) is 0 Å². The fourth-order valence-corrected chi connectivity index (χ4v) is 10.5. The van der Waals surface area contributed by atoms with Crippen LogP contribution in [0, 0.1) is 0 Å². The molecule has 0 amide bonds. The van der Waals surface area contributed by atoms with Crippen LogP contribution in [0.25, 0.3) is 143 Å². The van der Waals surface area contributed by atoms with Gasteiger partial charge in [-0.05, 0) is 126 Å². The largest absolute Gasteiger partial charge is 0.456 e. The first kappa shape index (κ1) is 39.0. The van der Waals surface area contributed by atoms with Crippen molar-refractivity contribution in [2.45, 2.75) is 0 Å². The minimum atomic E-state index is 0.793. The van der Waals surface area contributed by atoms with Crippen LogP contribution in [0.3, 0.4) is 0 Å². The van der Waals surface area contributed by atoms with Crippen LogP contribution >= 0.6 is 0 Å². The van der Waals surface area contributed by atoms with Crippen LogP contribution < -0.4 is 0 Å². The topological polar surface area (TPSA) is 51.8 Å². The molecule has 0 unspecified atom stereocenters. The summed E-state index contributed by atoms with van der Waals surface area (Å²) in [6, 6.07) is 82.0. The van der Waals surface area contributed by atoms with Gasteiger partial charge in [0.25, 0.3) is 0 Å². The summed E-state index contributed by atoms with van der Waals surface area (Å²) in [6.45, 7) is 0. The Morgan fingerprint density at radius 2 is 0.754 bits per heavy atom. The highest BCUT2D eigenvalue weighted by Gasteiger charge is 2.18. The number of benzene rings is 11. The third-order valence-electron chi connectivity index (χ3n) is 13.8. The van der Waals surface area contributed by atoms with E-state index in [9.17, 15) is 0 Å². The Morgan fingerprint density at radius 1 is 0.261 bits per heavy atom. The highest BCUT2D eigenvalue weighted by atomic mass is 16.3. The van der Waals surface area contributed by atoms with Crippen LogP contribution in [0.2, 0.25) is 0 Å². The molecule has 0 radical (unpaired) electrons. The van der Waals surface area contributed by atoms with Crippen molar-refractivity contribution in [1.29, 1.82) is 0 Å². The van der Waals surface area contributed by atoms with Gasteiger partial charge in [-0.2, -0.15) is 0 Å². The molecule has 69 heavy (non-hydrogen) atoms. The third kappa shape index (κ3) is 6.57. The molecule has 0 fully saturated rings. The zero-order valence-corrected chi connectivity index (χ0v) is 37.3. The Hall–Kier alpha value is -9.25. The summed E-state index contributed by atoms with van der Waals surface area (Å²) in [7, 11) is 0. The molecule has 4 nitrogen and oxygen atoms in total. The Kier molecular flexibility index (Phi) is 8.86.